The molecule has 0 bridgehead atoms. The summed E-state index contributed by atoms with van der Waals surface area (Å²) in [6.45, 7) is 16.3. The molecule has 9 nitrogen and oxygen atoms in total. The molecule has 7 N–H and O–H groups in total. The van der Waals surface area contributed by atoms with Crippen LogP contribution in [0.15, 0.2) is 11.6 Å². The molecule has 234 valence electrons. The topological polar surface area (TPSA) is 143 Å². The van der Waals surface area contributed by atoms with Gasteiger partial charge in [-0.2, -0.15) is 10.2 Å². The highest BCUT2D eigenvalue weighted by Gasteiger charge is 2.69. The molecule has 0 aliphatic heterocycles. The molecule has 0 saturated heterocycles. The lowest BCUT2D eigenvalue weighted by atomic mass is 9.35. The Kier molecular flexibility index (Phi) is 6.01. The molecule has 43 heavy (non-hydrogen) atoms. The van der Waals surface area contributed by atoms with Crippen LogP contribution < -0.4 is 16.9 Å². The summed E-state index contributed by atoms with van der Waals surface area (Å²) in [6.07, 6.45) is 11.1. The number of aromatic amines is 2. The Labute approximate surface area is 260 Å². The molecule has 0 spiro atoms. The second-order valence-corrected chi connectivity index (χ2v) is 17.1. The summed E-state index contributed by atoms with van der Waals surface area (Å²) in [5.41, 5.74) is 20.4. The third-order valence-electron chi connectivity index (χ3n) is 13.9. The minimum atomic E-state index is -0.514. The second-order valence-electron chi connectivity index (χ2n) is 16.7. The number of carbonyl (C=O) groups excluding carboxylic acids is 1. The highest BCUT2D eigenvalue weighted by Crippen LogP contribution is 2.72. The summed E-state index contributed by atoms with van der Waals surface area (Å²) in [6, 6.07) is 0. The Morgan fingerprint density at radius 1 is 1.05 bits per heavy atom. The highest BCUT2D eigenvalue weighted by atomic mass is 32.1. The molecule has 7 rings (SSSR count). The first-order valence-corrected chi connectivity index (χ1v) is 16.7. The lowest BCUT2D eigenvalue weighted by molar-refractivity contribution is -0.150. The summed E-state index contributed by atoms with van der Waals surface area (Å²) in [5, 5.41) is 14.8. The van der Waals surface area contributed by atoms with E-state index in [1.165, 1.54) is 16.8 Å². The van der Waals surface area contributed by atoms with Crippen LogP contribution in [0.4, 0.5) is 5.82 Å². The monoisotopic (exact) mass is 606 g/mol. The molecule has 3 saturated carbocycles. The molecule has 0 radical (unpaired) electrons. The van der Waals surface area contributed by atoms with Crippen molar-refractivity contribution in [3.05, 3.63) is 33.5 Å². The van der Waals surface area contributed by atoms with Crippen molar-refractivity contribution >= 4 is 23.9 Å². The Hall–Kier alpha value is -2.46. The number of hydrogen-bond donors (Lipinski definition) is 5. The van der Waals surface area contributed by atoms with Gasteiger partial charge in [0.15, 0.2) is 0 Å². The first-order valence-electron chi connectivity index (χ1n) is 16.3. The van der Waals surface area contributed by atoms with Gasteiger partial charge in [-0.15, -0.1) is 0 Å². The number of nitrogens with one attached hydrogen (secondary N) is 3. The summed E-state index contributed by atoms with van der Waals surface area (Å²) in [5.74, 6) is 2.37. The highest BCUT2D eigenvalue weighted by molar-refractivity contribution is 7.71. The zero-order chi connectivity index (χ0) is 31.0. The number of nitrogens with zero attached hydrogens (tertiary/aromatic N) is 3. The van der Waals surface area contributed by atoms with Crippen LogP contribution in [0, 0.1) is 51.1 Å². The van der Waals surface area contributed by atoms with Gasteiger partial charge in [0.1, 0.15) is 11.6 Å². The number of rotatable bonds is 2. The number of nitrogen functional groups attached to an aromatic ring is 1. The summed E-state index contributed by atoms with van der Waals surface area (Å²) in [7, 11) is 0. The van der Waals surface area contributed by atoms with Crippen LogP contribution in [0.2, 0.25) is 0 Å². The smallest absolute Gasteiger partial charge is 0.245 e. The number of anilines is 1. The van der Waals surface area contributed by atoms with Crippen molar-refractivity contribution < 1.29 is 4.79 Å². The fraction of sp³-hybridized carbons (Fsp3) is 0.758. The van der Waals surface area contributed by atoms with Crippen molar-refractivity contribution in [3.8, 4) is 0 Å². The van der Waals surface area contributed by atoms with Crippen LogP contribution in [-0.4, -0.2) is 36.5 Å². The molecular weight excluding hydrogens is 556 g/mol. The average molecular weight is 607 g/mol. The van der Waals surface area contributed by atoms with Crippen LogP contribution >= 0.6 is 12.2 Å². The van der Waals surface area contributed by atoms with Crippen molar-refractivity contribution in [1.82, 2.24) is 25.1 Å². The van der Waals surface area contributed by atoms with Crippen LogP contribution in [0.25, 0.3) is 0 Å². The Balaban J connectivity index is 1.31. The number of allylic oxidation sites excluding steroid dienone is 1. The van der Waals surface area contributed by atoms with E-state index in [9.17, 15) is 4.79 Å². The van der Waals surface area contributed by atoms with E-state index < -0.39 is 11.0 Å². The standard InChI is InChI=1S/C33H50N8OS/c1-18-36-39-27(43)41(18)40-26(42)32-13-12-28(2,3)17-21(32)20-8-9-23-30(6)16-19-24(37-38-25(19)34)29(4,5)22(30)10-11-31(23,7)33(20,35)15-14-32/h8,21-23H,9-17,35H2,1-7H3,(H,39,43)(H,40,42)(H3,34,37,38)/t21?,22?,23?,30-,31+,32-,33-/m0/s1. The molecule has 0 aromatic carbocycles. The van der Waals surface area contributed by atoms with Gasteiger partial charge < -0.3 is 11.5 Å². The molecule has 7 atom stereocenters. The predicted octanol–water partition coefficient (Wildman–Crippen LogP) is 5.83. The second kappa shape index (κ2) is 8.83. The molecule has 10 heteroatoms. The van der Waals surface area contributed by atoms with Gasteiger partial charge in [0.25, 0.3) is 0 Å². The van der Waals surface area contributed by atoms with Crippen molar-refractivity contribution in [3.63, 3.8) is 0 Å². The van der Waals surface area contributed by atoms with Gasteiger partial charge in [-0.05, 0) is 117 Å². The van der Waals surface area contributed by atoms with Gasteiger partial charge in [-0.25, -0.2) is 4.68 Å². The van der Waals surface area contributed by atoms with Crippen molar-refractivity contribution in [2.75, 3.05) is 11.2 Å². The largest absolute Gasteiger partial charge is 0.382 e. The Morgan fingerprint density at radius 2 is 1.77 bits per heavy atom. The SMILES string of the molecule is Cc1n[nH]c(=S)n1NC(=O)[C@]12CCC(C)(C)CC1C1=CCC3[C@@]4(C)Cc5c(N)n[nH]c5C(C)(C)C4CC[C@@]3(C)[C@]1(N)CC2. The normalized spacial score (nSPS) is 40.7. The number of aromatic nitrogens is 5. The van der Waals surface area contributed by atoms with E-state index >= 15 is 0 Å². The molecule has 2 aromatic rings. The molecule has 2 heterocycles. The zero-order valence-electron chi connectivity index (χ0n) is 27.0. The minimum Gasteiger partial charge on any atom is -0.382 e. The maximum Gasteiger partial charge on any atom is 0.245 e. The number of amides is 1. The Morgan fingerprint density at radius 3 is 2.47 bits per heavy atom. The van der Waals surface area contributed by atoms with Crippen molar-refractivity contribution in [2.24, 2.45) is 45.1 Å². The van der Waals surface area contributed by atoms with E-state index in [-0.39, 0.29) is 33.5 Å². The van der Waals surface area contributed by atoms with E-state index in [2.05, 4.69) is 73.4 Å². The summed E-state index contributed by atoms with van der Waals surface area (Å²) >= 11 is 5.45. The Bertz CT molecular complexity index is 1600. The van der Waals surface area contributed by atoms with Crippen LogP contribution in [0.3, 0.4) is 0 Å². The van der Waals surface area contributed by atoms with Gasteiger partial charge in [0.2, 0.25) is 10.7 Å². The van der Waals surface area contributed by atoms with Gasteiger partial charge in [0, 0.05) is 22.2 Å². The quantitative estimate of drug-likeness (QED) is 0.215. The van der Waals surface area contributed by atoms with E-state index in [0.717, 1.165) is 57.8 Å². The fourth-order valence-corrected chi connectivity index (χ4v) is 11.7. The van der Waals surface area contributed by atoms with Crippen LogP contribution in [0.5, 0.6) is 0 Å². The summed E-state index contributed by atoms with van der Waals surface area (Å²) in [4.78, 5) is 14.4. The third-order valence-corrected chi connectivity index (χ3v) is 14.2. The molecule has 1 amide bonds. The fourth-order valence-electron chi connectivity index (χ4n) is 11.5. The van der Waals surface area contributed by atoms with Crippen molar-refractivity contribution in [1.29, 1.82) is 0 Å². The molecule has 5 aliphatic carbocycles. The van der Waals surface area contributed by atoms with E-state index in [0.29, 0.717) is 28.2 Å². The third kappa shape index (κ3) is 3.65. The number of aryl methyl sites for hydroxylation is 1. The number of carbonyl (C=O) groups is 1. The molecular formula is C33H50N8OS. The van der Waals surface area contributed by atoms with E-state index in [4.69, 9.17) is 23.7 Å². The van der Waals surface area contributed by atoms with Crippen LogP contribution in [-0.2, 0) is 16.6 Å². The number of H-pyrrole nitrogens is 2. The first-order chi connectivity index (χ1) is 20.0. The average Bonchev–Trinajstić information content (AvgIpc) is 3.45. The molecule has 3 fully saturated rings. The van der Waals surface area contributed by atoms with Crippen molar-refractivity contribution in [2.45, 2.75) is 117 Å². The van der Waals surface area contributed by atoms with Gasteiger partial charge in [0.05, 0.1) is 5.41 Å². The van der Waals surface area contributed by atoms with E-state index in [1.807, 2.05) is 6.92 Å². The lowest BCUT2D eigenvalue weighted by Crippen LogP contribution is -2.71. The van der Waals surface area contributed by atoms with Crippen LogP contribution in [0.1, 0.15) is 110 Å². The van der Waals surface area contributed by atoms with Gasteiger partial charge >= 0.3 is 0 Å². The van der Waals surface area contributed by atoms with Gasteiger partial charge in [-0.3, -0.25) is 20.4 Å². The predicted molar refractivity (Wildman–Crippen MR) is 171 cm³/mol. The molecule has 5 aliphatic rings. The summed E-state index contributed by atoms with van der Waals surface area (Å²) < 4.78 is 2.04. The molecule has 3 unspecified atom stereocenters. The lowest BCUT2D eigenvalue weighted by Gasteiger charge is -2.70. The maximum absolute atomic E-state index is 14.4. The van der Waals surface area contributed by atoms with E-state index in [1.54, 1.807) is 4.68 Å². The number of hydrogen-bond acceptors (Lipinski definition) is 6. The number of nitrogens with two attached hydrogens (primary N) is 2. The van der Waals surface area contributed by atoms with Gasteiger partial charge in [-0.1, -0.05) is 47.6 Å². The number of fused-ring (bicyclic) bond motifs is 8. The zero-order valence-corrected chi connectivity index (χ0v) is 27.8. The minimum absolute atomic E-state index is 0.0420. The maximum atomic E-state index is 14.4. The molecule has 2 aromatic heterocycles. The first kappa shape index (κ1) is 29.3.